The molecule has 0 radical (unpaired) electrons. The van der Waals surface area contributed by atoms with E-state index >= 15 is 0 Å². The number of oxazole rings is 1. The normalized spacial score (nSPS) is 18.8. The number of hydrogen-bond acceptors (Lipinski definition) is 5. The van der Waals surface area contributed by atoms with Gasteiger partial charge in [-0.15, -0.1) is 0 Å². The lowest BCUT2D eigenvalue weighted by Gasteiger charge is -2.22. The van der Waals surface area contributed by atoms with Crippen LogP contribution in [-0.2, 0) is 16.1 Å². The molecule has 130 valence electrons. The van der Waals surface area contributed by atoms with Gasteiger partial charge < -0.3 is 19.2 Å². The van der Waals surface area contributed by atoms with Crippen LogP contribution >= 0.6 is 0 Å². The maximum Gasteiger partial charge on any atom is 0.419 e. The first-order valence-electron chi connectivity index (χ1n) is 8.15. The molecule has 1 aliphatic rings. The van der Waals surface area contributed by atoms with Crippen LogP contribution in [0.15, 0.2) is 27.4 Å². The molecule has 2 heterocycles. The molecule has 1 atom stereocenters. The second-order valence-corrected chi connectivity index (χ2v) is 6.20. The average Bonchev–Trinajstić information content (AvgIpc) is 2.75. The number of aryl methyl sites for hydroxylation is 2. The number of hydrogen-bond donors (Lipinski definition) is 1. The first kappa shape index (κ1) is 16.7. The van der Waals surface area contributed by atoms with Crippen LogP contribution in [0.3, 0.4) is 0 Å². The van der Waals surface area contributed by atoms with Crippen LogP contribution in [0, 0.1) is 12.8 Å². The zero-order chi connectivity index (χ0) is 17.1. The van der Waals surface area contributed by atoms with Gasteiger partial charge in [0.1, 0.15) is 0 Å². The van der Waals surface area contributed by atoms with Gasteiger partial charge in [-0.25, -0.2) is 4.79 Å². The molecule has 1 aliphatic heterocycles. The smallest absolute Gasteiger partial charge is 0.408 e. The number of aliphatic hydroxyl groups excluding tert-OH is 1. The summed E-state index contributed by atoms with van der Waals surface area (Å²) in [6, 6.07) is 5.53. The number of amides is 1. The lowest BCUT2D eigenvalue weighted by molar-refractivity contribution is -0.131. The van der Waals surface area contributed by atoms with Crippen molar-refractivity contribution in [2.24, 2.45) is 5.92 Å². The molecule has 0 saturated carbocycles. The van der Waals surface area contributed by atoms with Gasteiger partial charge in [-0.1, -0.05) is 6.07 Å². The van der Waals surface area contributed by atoms with Gasteiger partial charge in [0.25, 0.3) is 0 Å². The van der Waals surface area contributed by atoms with Gasteiger partial charge in [-0.2, -0.15) is 0 Å². The third kappa shape index (κ3) is 3.52. The molecule has 24 heavy (non-hydrogen) atoms. The molecule has 1 fully saturated rings. The Balaban J connectivity index is 1.71. The van der Waals surface area contributed by atoms with Crippen molar-refractivity contribution in [3.8, 4) is 0 Å². The summed E-state index contributed by atoms with van der Waals surface area (Å²) in [5.74, 6) is -0.555. The summed E-state index contributed by atoms with van der Waals surface area (Å²) < 4.78 is 12.1. The first-order valence-corrected chi connectivity index (χ1v) is 8.15. The molecule has 1 amide bonds. The Kier molecular flexibility index (Phi) is 5.01. The highest BCUT2D eigenvalue weighted by Crippen LogP contribution is 2.15. The average molecular weight is 334 g/mol. The summed E-state index contributed by atoms with van der Waals surface area (Å²) in [6.45, 7) is 4.13. The van der Waals surface area contributed by atoms with Crippen molar-refractivity contribution in [3.05, 3.63) is 34.3 Å². The number of benzene rings is 1. The number of aromatic nitrogens is 1. The minimum atomic E-state index is -0.448. The van der Waals surface area contributed by atoms with Gasteiger partial charge in [-0.3, -0.25) is 9.36 Å². The molecule has 0 spiro atoms. The van der Waals surface area contributed by atoms with E-state index in [0.29, 0.717) is 37.4 Å². The highest BCUT2D eigenvalue weighted by atomic mass is 16.5. The maximum absolute atomic E-state index is 12.5. The quantitative estimate of drug-likeness (QED) is 0.892. The molecular weight excluding hydrogens is 312 g/mol. The number of carbonyl (C=O) groups is 1. The maximum atomic E-state index is 12.5. The Labute approximate surface area is 139 Å². The van der Waals surface area contributed by atoms with Crippen molar-refractivity contribution in [1.29, 1.82) is 0 Å². The van der Waals surface area contributed by atoms with Crippen LogP contribution in [0.4, 0.5) is 0 Å². The highest BCUT2D eigenvalue weighted by Gasteiger charge is 2.22. The molecule has 1 saturated heterocycles. The van der Waals surface area contributed by atoms with Crippen LogP contribution in [-0.4, -0.2) is 53.4 Å². The second-order valence-electron chi connectivity index (χ2n) is 6.20. The minimum absolute atomic E-state index is 0.00508. The van der Waals surface area contributed by atoms with Gasteiger partial charge in [0.15, 0.2) is 5.58 Å². The molecule has 7 heteroatoms. The molecule has 0 bridgehead atoms. The topological polar surface area (TPSA) is 84.9 Å². The molecule has 7 nitrogen and oxygen atoms in total. The number of aliphatic hydroxyl groups is 1. The zero-order valence-corrected chi connectivity index (χ0v) is 13.7. The third-order valence-electron chi connectivity index (χ3n) is 4.32. The van der Waals surface area contributed by atoms with Crippen LogP contribution in [0.1, 0.15) is 12.0 Å². The van der Waals surface area contributed by atoms with Crippen LogP contribution in [0.25, 0.3) is 11.1 Å². The number of ether oxygens (including phenoxy) is 1. The third-order valence-corrected chi connectivity index (χ3v) is 4.32. The monoisotopic (exact) mass is 334 g/mol. The summed E-state index contributed by atoms with van der Waals surface area (Å²) in [4.78, 5) is 26.2. The van der Waals surface area contributed by atoms with E-state index in [4.69, 9.17) is 9.15 Å². The summed E-state index contributed by atoms with van der Waals surface area (Å²) >= 11 is 0. The van der Waals surface area contributed by atoms with E-state index in [1.807, 2.05) is 19.1 Å². The van der Waals surface area contributed by atoms with Crippen molar-refractivity contribution in [2.45, 2.75) is 19.9 Å². The molecule has 3 rings (SSSR count). The molecule has 1 N–H and O–H groups in total. The number of rotatable bonds is 4. The summed E-state index contributed by atoms with van der Waals surface area (Å²) in [5, 5.41) is 9.30. The number of nitrogens with zero attached hydrogens (tertiary/aromatic N) is 2. The SMILES string of the molecule is Cc1ccc2oc(=O)n(CCC(=O)N3CCOC[C@@H](CO)C3)c2c1. The summed E-state index contributed by atoms with van der Waals surface area (Å²) in [6.07, 6.45) is 0.209. The van der Waals surface area contributed by atoms with E-state index in [-0.39, 0.29) is 31.4 Å². The van der Waals surface area contributed by atoms with Crippen LogP contribution in [0.2, 0.25) is 0 Å². The molecule has 0 unspecified atom stereocenters. The van der Waals surface area contributed by atoms with Gasteiger partial charge in [-0.05, 0) is 24.6 Å². The van der Waals surface area contributed by atoms with E-state index in [0.717, 1.165) is 5.56 Å². The number of fused-ring (bicyclic) bond motifs is 1. The molecule has 0 aliphatic carbocycles. The predicted octanol–water partition coefficient (Wildman–Crippen LogP) is 0.760. The predicted molar refractivity (Wildman–Crippen MR) is 87.8 cm³/mol. The van der Waals surface area contributed by atoms with Gasteiger partial charge in [0, 0.05) is 38.6 Å². The van der Waals surface area contributed by atoms with Gasteiger partial charge in [0.2, 0.25) is 5.91 Å². The second kappa shape index (κ2) is 7.19. The highest BCUT2D eigenvalue weighted by molar-refractivity contribution is 5.77. The molecule has 1 aromatic carbocycles. The molecular formula is C17H22N2O5. The van der Waals surface area contributed by atoms with E-state index < -0.39 is 5.76 Å². The largest absolute Gasteiger partial charge is 0.419 e. The lowest BCUT2D eigenvalue weighted by atomic mass is 10.1. The van der Waals surface area contributed by atoms with E-state index in [1.165, 1.54) is 4.57 Å². The Bertz CT molecular complexity index is 779. The van der Waals surface area contributed by atoms with Crippen LogP contribution in [0.5, 0.6) is 0 Å². The van der Waals surface area contributed by atoms with Crippen molar-refractivity contribution in [1.82, 2.24) is 9.47 Å². The van der Waals surface area contributed by atoms with Crippen molar-refractivity contribution in [3.63, 3.8) is 0 Å². The van der Waals surface area contributed by atoms with E-state index in [1.54, 1.807) is 11.0 Å². The van der Waals surface area contributed by atoms with Crippen molar-refractivity contribution < 1.29 is 19.1 Å². The van der Waals surface area contributed by atoms with Gasteiger partial charge in [0.05, 0.1) is 18.7 Å². The van der Waals surface area contributed by atoms with Crippen molar-refractivity contribution >= 4 is 17.0 Å². The standard InChI is InChI=1S/C17H22N2O5/c1-12-2-3-15-14(8-12)19(17(22)24-15)5-4-16(21)18-6-7-23-11-13(9-18)10-20/h2-3,8,13,20H,4-7,9-11H2,1H3/t13-/m1/s1. The fraction of sp³-hybridized carbons (Fsp3) is 0.529. The summed E-state index contributed by atoms with van der Waals surface area (Å²) in [5.41, 5.74) is 2.26. The Hall–Kier alpha value is -2.12. The van der Waals surface area contributed by atoms with E-state index in [2.05, 4.69) is 0 Å². The fourth-order valence-corrected chi connectivity index (χ4v) is 2.97. The molecule has 1 aromatic heterocycles. The Morgan fingerprint density at radius 2 is 2.25 bits per heavy atom. The zero-order valence-electron chi connectivity index (χ0n) is 13.7. The Morgan fingerprint density at radius 1 is 1.42 bits per heavy atom. The Morgan fingerprint density at radius 3 is 3.04 bits per heavy atom. The van der Waals surface area contributed by atoms with Crippen molar-refractivity contribution in [2.75, 3.05) is 32.9 Å². The molecule has 2 aromatic rings. The lowest BCUT2D eigenvalue weighted by Crippen LogP contribution is -2.37. The van der Waals surface area contributed by atoms with Gasteiger partial charge >= 0.3 is 5.76 Å². The number of carbonyl (C=O) groups excluding carboxylic acids is 1. The van der Waals surface area contributed by atoms with E-state index in [9.17, 15) is 14.7 Å². The first-order chi connectivity index (χ1) is 11.6. The van der Waals surface area contributed by atoms with Crippen LogP contribution < -0.4 is 5.76 Å². The fourth-order valence-electron chi connectivity index (χ4n) is 2.97. The minimum Gasteiger partial charge on any atom is -0.408 e. The summed E-state index contributed by atoms with van der Waals surface area (Å²) in [7, 11) is 0.